The quantitative estimate of drug-likeness (QED) is 0.460. The topological polar surface area (TPSA) is 92.7 Å². The summed E-state index contributed by atoms with van der Waals surface area (Å²) in [5.41, 5.74) is 0.813. The highest BCUT2D eigenvalue weighted by Gasteiger charge is 2.31. The number of hydrogen-bond acceptors (Lipinski definition) is 6. The molecule has 25 heavy (non-hydrogen) atoms. The molecule has 0 unspecified atom stereocenters. The number of nitrogens with zero attached hydrogens (tertiary/aromatic N) is 2. The van der Waals surface area contributed by atoms with E-state index in [1.807, 2.05) is 0 Å². The summed E-state index contributed by atoms with van der Waals surface area (Å²) in [5.74, 6) is 0.382. The van der Waals surface area contributed by atoms with E-state index >= 15 is 0 Å². The van der Waals surface area contributed by atoms with Crippen LogP contribution in [0.5, 0.6) is 0 Å². The molecule has 2 N–H and O–H groups in total. The maximum absolute atomic E-state index is 12.6. The van der Waals surface area contributed by atoms with Gasteiger partial charge in [0.2, 0.25) is 6.41 Å². The van der Waals surface area contributed by atoms with Crippen LogP contribution in [0.15, 0.2) is 10.5 Å². The monoisotopic (exact) mass is 366 g/mol. The summed E-state index contributed by atoms with van der Waals surface area (Å²) in [5, 5.41) is 11.4. The zero-order valence-electron chi connectivity index (χ0n) is 15.2. The molecule has 1 aromatic heterocycles. The smallest absolute Gasteiger partial charge is 0.275 e. The molecule has 0 spiro atoms. The molecule has 0 bridgehead atoms. The summed E-state index contributed by atoms with van der Waals surface area (Å²) >= 11 is 1.22. The van der Waals surface area contributed by atoms with Crippen LogP contribution in [0.2, 0.25) is 0 Å². The lowest BCUT2D eigenvalue weighted by Crippen LogP contribution is -2.42. The van der Waals surface area contributed by atoms with E-state index in [0.29, 0.717) is 28.6 Å². The number of aromatic nitrogens is 1. The van der Waals surface area contributed by atoms with Gasteiger partial charge in [-0.2, -0.15) is 0 Å². The Bertz CT molecular complexity index is 628. The third kappa shape index (κ3) is 5.26. The number of nitrogens with one attached hydrogen (secondary N) is 2. The lowest BCUT2D eigenvalue weighted by atomic mass is 9.71. The fourth-order valence-corrected chi connectivity index (χ4v) is 3.81. The average molecular weight is 366 g/mol. The molecule has 1 saturated carbocycles. The minimum absolute atomic E-state index is 0.121. The van der Waals surface area contributed by atoms with Crippen molar-refractivity contribution in [1.82, 2.24) is 10.3 Å². The second kappa shape index (κ2) is 8.42. The predicted molar refractivity (Wildman–Crippen MR) is 98.7 cm³/mol. The van der Waals surface area contributed by atoms with E-state index in [9.17, 15) is 9.59 Å². The first-order valence-electron chi connectivity index (χ1n) is 8.43. The van der Waals surface area contributed by atoms with Crippen molar-refractivity contribution < 1.29 is 14.4 Å². The van der Waals surface area contributed by atoms with Crippen molar-refractivity contribution in [3.63, 3.8) is 0 Å². The number of hydrogen-bond donors (Lipinski definition) is 2. The molecule has 1 heterocycles. The maximum Gasteiger partial charge on any atom is 0.275 e. The first kappa shape index (κ1) is 19.4. The molecule has 138 valence electrons. The summed E-state index contributed by atoms with van der Waals surface area (Å²) in [7, 11) is 1.39. The summed E-state index contributed by atoms with van der Waals surface area (Å²) in [6, 6.07) is 0.138. The number of carbonyl (C=O) groups excluding carboxylic acids is 2. The molecular formula is C17H26N4O3S. The van der Waals surface area contributed by atoms with E-state index in [-0.39, 0.29) is 17.7 Å². The summed E-state index contributed by atoms with van der Waals surface area (Å²) in [4.78, 5) is 32.1. The fourth-order valence-electron chi connectivity index (χ4n) is 3.15. The normalized spacial score (nSPS) is 21.5. The van der Waals surface area contributed by atoms with Crippen molar-refractivity contribution in [1.29, 1.82) is 0 Å². The molecule has 1 fully saturated rings. The summed E-state index contributed by atoms with van der Waals surface area (Å²) in [6.45, 7) is 6.81. The van der Waals surface area contributed by atoms with Crippen LogP contribution in [0.25, 0.3) is 0 Å². The van der Waals surface area contributed by atoms with Crippen LogP contribution >= 0.6 is 11.3 Å². The van der Waals surface area contributed by atoms with Crippen molar-refractivity contribution in [3.05, 3.63) is 11.1 Å². The highest BCUT2D eigenvalue weighted by molar-refractivity contribution is 7.14. The number of oxime groups is 1. The van der Waals surface area contributed by atoms with Gasteiger partial charge in [0.25, 0.3) is 5.91 Å². The van der Waals surface area contributed by atoms with E-state index < -0.39 is 0 Å². The SMILES string of the molecule is CO/N=C(/C(=O)NC1CCC(C(C)(C)C)CC1)c1csc(NC=O)n1. The van der Waals surface area contributed by atoms with E-state index in [1.165, 1.54) is 18.4 Å². The number of rotatable bonds is 6. The first-order chi connectivity index (χ1) is 11.8. The highest BCUT2D eigenvalue weighted by atomic mass is 32.1. The third-order valence-electron chi connectivity index (χ3n) is 4.61. The molecular weight excluding hydrogens is 340 g/mol. The van der Waals surface area contributed by atoms with Crippen molar-refractivity contribution in [2.24, 2.45) is 16.5 Å². The molecule has 0 aliphatic heterocycles. The van der Waals surface area contributed by atoms with Gasteiger partial charge in [0, 0.05) is 11.4 Å². The molecule has 1 aliphatic carbocycles. The van der Waals surface area contributed by atoms with Crippen molar-refractivity contribution in [2.45, 2.75) is 52.5 Å². The number of anilines is 1. The highest BCUT2D eigenvalue weighted by Crippen LogP contribution is 2.37. The molecule has 0 saturated heterocycles. The minimum Gasteiger partial charge on any atom is -0.398 e. The molecule has 1 aliphatic rings. The molecule has 2 rings (SSSR count). The van der Waals surface area contributed by atoms with Crippen molar-refractivity contribution in [3.8, 4) is 0 Å². The van der Waals surface area contributed by atoms with Crippen LogP contribution in [0.1, 0.15) is 52.1 Å². The summed E-state index contributed by atoms with van der Waals surface area (Å²) < 4.78 is 0. The standard InChI is InChI=1S/C17H26N4O3S/c1-17(2,3)11-5-7-12(8-6-11)19-15(23)14(21-24-4)13-9-25-16(20-13)18-10-22/h9-12H,5-8H2,1-4H3,(H,19,23)(H,18,20,22)/b21-14+. The van der Waals surface area contributed by atoms with Gasteiger partial charge in [-0.3, -0.25) is 9.59 Å². The first-order valence-corrected chi connectivity index (χ1v) is 9.31. The van der Waals surface area contributed by atoms with Crippen molar-refractivity contribution >= 4 is 34.5 Å². The Morgan fingerprint density at radius 2 is 2.04 bits per heavy atom. The Morgan fingerprint density at radius 1 is 1.36 bits per heavy atom. The van der Waals surface area contributed by atoms with Gasteiger partial charge >= 0.3 is 0 Å². The minimum atomic E-state index is -0.302. The molecule has 2 amide bonds. The molecule has 8 heteroatoms. The molecule has 0 radical (unpaired) electrons. The number of thiazole rings is 1. The number of amides is 2. The van der Waals surface area contributed by atoms with E-state index in [1.54, 1.807) is 5.38 Å². The van der Waals surface area contributed by atoms with Gasteiger partial charge in [0.15, 0.2) is 10.8 Å². The Balaban J connectivity index is 1.99. The Labute approximate surface area is 152 Å². The van der Waals surface area contributed by atoms with Gasteiger partial charge in [0.1, 0.15) is 12.8 Å². The van der Waals surface area contributed by atoms with Gasteiger partial charge in [-0.25, -0.2) is 4.98 Å². The van der Waals surface area contributed by atoms with Gasteiger partial charge < -0.3 is 15.5 Å². The van der Waals surface area contributed by atoms with E-state index in [0.717, 1.165) is 25.7 Å². The second-order valence-corrected chi connectivity index (χ2v) is 8.17. The van der Waals surface area contributed by atoms with Gasteiger partial charge in [-0.15, -0.1) is 11.3 Å². The van der Waals surface area contributed by atoms with Crippen LogP contribution < -0.4 is 10.6 Å². The van der Waals surface area contributed by atoms with Crippen LogP contribution in [0, 0.1) is 11.3 Å². The van der Waals surface area contributed by atoms with Crippen LogP contribution in [-0.2, 0) is 14.4 Å². The average Bonchev–Trinajstić information content (AvgIpc) is 3.00. The van der Waals surface area contributed by atoms with Crippen LogP contribution in [0.4, 0.5) is 5.13 Å². The van der Waals surface area contributed by atoms with E-state index in [4.69, 9.17) is 4.84 Å². The van der Waals surface area contributed by atoms with Crippen molar-refractivity contribution in [2.75, 3.05) is 12.4 Å². The Morgan fingerprint density at radius 3 is 2.60 bits per heavy atom. The third-order valence-corrected chi connectivity index (χ3v) is 5.39. The molecule has 0 atom stereocenters. The zero-order chi connectivity index (χ0) is 18.4. The van der Waals surface area contributed by atoms with Crippen LogP contribution in [0.3, 0.4) is 0 Å². The lowest BCUT2D eigenvalue weighted by Gasteiger charge is -2.37. The maximum atomic E-state index is 12.6. The van der Waals surface area contributed by atoms with Gasteiger partial charge in [-0.05, 0) is 37.0 Å². The van der Waals surface area contributed by atoms with Crippen LogP contribution in [-0.4, -0.2) is 36.2 Å². The number of carbonyl (C=O) groups is 2. The zero-order valence-corrected chi connectivity index (χ0v) is 16.0. The van der Waals surface area contributed by atoms with E-state index in [2.05, 4.69) is 41.5 Å². The van der Waals surface area contributed by atoms with Gasteiger partial charge in [-0.1, -0.05) is 25.9 Å². The lowest BCUT2D eigenvalue weighted by molar-refractivity contribution is -0.115. The molecule has 7 nitrogen and oxygen atoms in total. The molecule has 0 aromatic carbocycles. The predicted octanol–water partition coefficient (Wildman–Crippen LogP) is 2.78. The Kier molecular flexibility index (Phi) is 6.52. The molecule has 1 aromatic rings. The largest absolute Gasteiger partial charge is 0.398 e. The summed E-state index contributed by atoms with van der Waals surface area (Å²) in [6.07, 6.45) is 4.68. The second-order valence-electron chi connectivity index (χ2n) is 7.31. The Hall–Kier alpha value is -1.96. The fraction of sp³-hybridized carbons (Fsp3) is 0.647. The van der Waals surface area contributed by atoms with Gasteiger partial charge in [0.05, 0.1) is 0 Å².